The Labute approximate surface area is 131 Å². The van der Waals surface area contributed by atoms with Crippen LogP contribution < -0.4 is 9.64 Å². The molecule has 0 aliphatic carbocycles. The maximum Gasteiger partial charge on any atom is 0.305 e. The van der Waals surface area contributed by atoms with Crippen molar-refractivity contribution in [3.8, 4) is 5.75 Å². The number of anilines is 1. The van der Waals surface area contributed by atoms with E-state index in [1.54, 1.807) is 29.2 Å². The lowest BCUT2D eigenvalue weighted by Crippen LogP contribution is -2.37. The monoisotopic (exact) mass is 307 g/mol. The topological polar surface area (TPSA) is 66.8 Å². The summed E-state index contributed by atoms with van der Waals surface area (Å²) < 4.78 is 5.39. The van der Waals surface area contributed by atoms with E-state index in [1.165, 1.54) is 0 Å². The van der Waals surface area contributed by atoms with Gasteiger partial charge in [0.2, 0.25) is 5.91 Å². The highest BCUT2D eigenvalue weighted by Gasteiger charge is 2.23. The number of amides is 1. The van der Waals surface area contributed by atoms with E-state index in [1.807, 2.05) is 20.8 Å². The van der Waals surface area contributed by atoms with Gasteiger partial charge in [0.1, 0.15) is 5.75 Å². The van der Waals surface area contributed by atoms with Crippen molar-refractivity contribution < 1.29 is 19.4 Å². The fraction of sp³-hybridized carbons (Fsp3) is 0.529. The Hall–Kier alpha value is -2.04. The van der Waals surface area contributed by atoms with Gasteiger partial charge in [-0.15, -0.1) is 0 Å². The summed E-state index contributed by atoms with van der Waals surface area (Å²) in [6.07, 6.45) is 1.42. The van der Waals surface area contributed by atoms with Crippen LogP contribution in [0.25, 0.3) is 0 Å². The Morgan fingerprint density at radius 3 is 2.18 bits per heavy atom. The molecule has 0 unspecified atom stereocenters. The van der Waals surface area contributed by atoms with Gasteiger partial charge in [0.15, 0.2) is 0 Å². The number of hydrogen-bond donors (Lipinski definition) is 1. The van der Waals surface area contributed by atoms with Crippen LogP contribution in [0.3, 0.4) is 0 Å². The average Bonchev–Trinajstić information content (AvgIpc) is 2.50. The maximum absolute atomic E-state index is 12.6. The van der Waals surface area contributed by atoms with Crippen LogP contribution in [-0.2, 0) is 9.59 Å². The van der Waals surface area contributed by atoms with Crippen LogP contribution in [0.5, 0.6) is 5.75 Å². The number of carbonyl (C=O) groups is 2. The van der Waals surface area contributed by atoms with Crippen molar-refractivity contribution >= 4 is 17.6 Å². The molecule has 122 valence electrons. The molecule has 0 heterocycles. The minimum Gasteiger partial charge on any atom is -0.494 e. The zero-order valence-corrected chi connectivity index (χ0v) is 13.5. The molecule has 0 aliphatic rings. The van der Waals surface area contributed by atoms with Crippen molar-refractivity contribution in [2.75, 3.05) is 18.1 Å². The van der Waals surface area contributed by atoms with Gasteiger partial charge >= 0.3 is 5.97 Å². The summed E-state index contributed by atoms with van der Waals surface area (Å²) in [4.78, 5) is 25.0. The lowest BCUT2D eigenvalue weighted by atomic mass is 10.0. The summed E-state index contributed by atoms with van der Waals surface area (Å²) in [7, 11) is 0. The van der Waals surface area contributed by atoms with Crippen LogP contribution in [0.15, 0.2) is 24.3 Å². The van der Waals surface area contributed by atoms with E-state index in [0.717, 1.165) is 18.6 Å². The number of carboxylic acid groups (broad SMARTS) is 1. The summed E-state index contributed by atoms with van der Waals surface area (Å²) in [6.45, 7) is 6.61. The van der Waals surface area contributed by atoms with Crippen molar-refractivity contribution in [2.45, 2.75) is 40.0 Å². The fourth-order valence-electron chi connectivity index (χ4n) is 2.32. The molecule has 1 amide bonds. The predicted octanol–water partition coefficient (Wildman–Crippen LogP) is 3.33. The molecule has 0 spiro atoms. The Morgan fingerprint density at radius 2 is 1.73 bits per heavy atom. The van der Waals surface area contributed by atoms with E-state index in [9.17, 15) is 9.59 Å². The number of ether oxygens (including phenoxy) is 1. The lowest BCUT2D eigenvalue weighted by Gasteiger charge is -2.26. The molecule has 5 heteroatoms. The highest BCUT2D eigenvalue weighted by atomic mass is 16.5. The van der Waals surface area contributed by atoms with Gasteiger partial charge in [0, 0.05) is 18.2 Å². The molecule has 1 N–H and O–H groups in total. The highest BCUT2D eigenvalue weighted by molar-refractivity contribution is 5.95. The van der Waals surface area contributed by atoms with E-state index in [2.05, 4.69) is 0 Å². The fourth-order valence-corrected chi connectivity index (χ4v) is 2.32. The second-order valence-electron chi connectivity index (χ2n) is 5.07. The van der Waals surface area contributed by atoms with Gasteiger partial charge in [0.25, 0.3) is 0 Å². The molecule has 0 radical (unpaired) electrons. The number of benzene rings is 1. The predicted molar refractivity (Wildman–Crippen MR) is 86.3 cm³/mol. The van der Waals surface area contributed by atoms with E-state index in [0.29, 0.717) is 12.3 Å². The second kappa shape index (κ2) is 9.07. The first-order valence-electron chi connectivity index (χ1n) is 7.79. The first-order chi connectivity index (χ1) is 10.5. The molecule has 1 aromatic carbocycles. The maximum atomic E-state index is 12.6. The summed E-state index contributed by atoms with van der Waals surface area (Å²) >= 11 is 0. The molecule has 1 rings (SSSR count). The van der Waals surface area contributed by atoms with Crippen LogP contribution >= 0.6 is 0 Å². The zero-order chi connectivity index (χ0) is 16.5. The number of rotatable bonds is 9. The molecule has 0 fully saturated rings. The van der Waals surface area contributed by atoms with Gasteiger partial charge in [0.05, 0.1) is 13.0 Å². The van der Waals surface area contributed by atoms with Crippen molar-refractivity contribution in [3.05, 3.63) is 24.3 Å². The molecule has 0 bridgehead atoms. The zero-order valence-electron chi connectivity index (χ0n) is 13.5. The first-order valence-corrected chi connectivity index (χ1v) is 7.79. The molecule has 0 aromatic heterocycles. The SMILES string of the molecule is CCOc1ccc(N(CCC(=O)O)C(=O)C(CC)CC)cc1. The highest BCUT2D eigenvalue weighted by Crippen LogP contribution is 2.23. The van der Waals surface area contributed by atoms with Gasteiger partial charge in [-0.2, -0.15) is 0 Å². The summed E-state index contributed by atoms with van der Waals surface area (Å²) in [6, 6.07) is 7.19. The van der Waals surface area contributed by atoms with Gasteiger partial charge in [-0.25, -0.2) is 0 Å². The molecule has 0 saturated carbocycles. The molecule has 5 nitrogen and oxygen atoms in total. The summed E-state index contributed by atoms with van der Waals surface area (Å²) in [5.74, 6) is -0.275. The van der Waals surface area contributed by atoms with Crippen LogP contribution in [0.2, 0.25) is 0 Å². The number of carboxylic acids is 1. The largest absolute Gasteiger partial charge is 0.494 e. The normalized spacial score (nSPS) is 10.5. The molecular formula is C17H25NO4. The van der Waals surface area contributed by atoms with E-state index in [4.69, 9.17) is 9.84 Å². The van der Waals surface area contributed by atoms with Crippen molar-refractivity contribution in [2.24, 2.45) is 5.92 Å². The van der Waals surface area contributed by atoms with Crippen LogP contribution in [0.1, 0.15) is 40.0 Å². The van der Waals surface area contributed by atoms with E-state index >= 15 is 0 Å². The van der Waals surface area contributed by atoms with Crippen molar-refractivity contribution in [1.29, 1.82) is 0 Å². The van der Waals surface area contributed by atoms with E-state index in [-0.39, 0.29) is 24.8 Å². The molecular weight excluding hydrogens is 282 g/mol. The number of hydrogen-bond acceptors (Lipinski definition) is 3. The third kappa shape index (κ3) is 5.06. The number of aliphatic carboxylic acids is 1. The van der Waals surface area contributed by atoms with Crippen LogP contribution in [0, 0.1) is 5.92 Å². The minimum absolute atomic E-state index is 0.0181. The smallest absolute Gasteiger partial charge is 0.305 e. The van der Waals surface area contributed by atoms with Gasteiger partial charge in [-0.3, -0.25) is 9.59 Å². The molecule has 22 heavy (non-hydrogen) atoms. The van der Waals surface area contributed by atoms with Crippen LogP contribution in [0.4, 0.5) is 5.69 Å². The summed E-state index contributed by atoms with van der Waals surface area (Å²) in [5.41, 5.74) is 0.710. The first kappa shape index (κ1) is 18.0. The van der Waals surface area contributed by atoms with Gasteiger partial charge in [-0.1, -0.05) is 13.8 Å². The Balaban J connectivity index is 2.97. The second-order valence-corrected chi connectivity index (χ2v) is 5.07. The standard InChI is InChI=1S/C17H25NO4/c1-4-13(5-2)17(21)18(12-11-16(19)20)14-7-9-15(10-8-14)22-6-3/h7-10,13H,4-6,11-12H2,1-3H3,(H,19,20). The van der Waals surface area contributed by atoms with Gasteiger partial charge in [-0.05, 0) is 44.0 Å². The molecule has 0 saturated heterocycles. The summed E-state index contributed by atoms with van der Waals surface area (Å²) in [5, 5.41) is 8.90. The lowest BCUT2D eigenvalue weighted by molar-refractivity contribution is -0.136. The van der Waals surface area contributed by atoms with E-state index < -0.39 is 5.97 Å². The molecule has 0 atom stereocenters. The third-order valence-corrected chi connectivity index (χ3v) is 3.61. The Bertz CT molecular complexity index is 480. The Morgan fingerprint density at radius 1 is 1.14 bits per heavy atom. The van der Waals surface area contributed by atoms with Crippen LogP contribution in [-0.4, -0.2) is 30.1 Å². The molecule has 1 aromatic rings. The van der Waals surface area contributed by atoms with Gasteiger partial charge < -0.3 is 14.7 Å². The third-order valence-electron chi connectivity index (χ3n) is 3.61. The van der Waals surface area contributed by atoms with Crippen molar-refractivity contribution in [3.63, 3.8) is 0 Å². The Kier molecular flexibility index (Phi) is 7.43. The molecule has 0 aliphatic heterocycles. The number of carbonyl (C=O) groups excluding carboxylic acids is 1. The average molecular weight is 307 g/mol. The van der Waals surface area contributed by atoms with Crippen molar-refractivity contribution in [1.82, 2.24) is 0 Å². The quantitative estimate of drug-likeness (QED) is 0.760. The number of nitrogens with zero attached hydrogens (tertiary/aromatic N) is 1. The minimum atomic E-state index is -0.909.